The highest BCUT2D eigenvalue weighted by atomic mass is 16.1. The van der Waals surface area contributed by atoms with Crippen LogP contribution in [0, 0.1) is 12.8 Å². The number of amides is 1. The molecule has 0 radical (unpaired) electrons. The van der Waals surface area contributed by atoms with Gasteiger partial charge in [-0.15, -0.1) is 0 Å². The number of imidazole rings is 1. The zero-order valence-electron chi connectivity index (χ0n) is 16.9. The molecule has 2 rings (SSSR count). The highest BCUT2D eigenvalue weighted by Crippen LogP contribution is 2.15. The van der Waals surface area contributed by atoms with Crippen molar-refractivity contribution in [2.24, 2.45) is 10.9 Å². The lowest BCUT2D eigenvalue weighted by molar-refractivity contribution is -0.123. The van der Waals surface area contributed by atoms with Crippen LogP contribution in [0.5, 0.6) is 0 Å². The third-order valence-electron chi connectivity index (χ3n) is 4.24. The van der Waals surface area contributed by atoms with Crippen LogP contribution in [0.15, 0.2) is 29.3 Å². The average molecular weight is 373 g/mol. The fourth-order valence-corrected chi connectivity index (χ4v) is 2.81. The Balaban J connectivity index is 1.80. The van der Waals surface area contributed by atoms with Crippen molar-refractivity contribution >= 4 is 22.9 Å². The van der Waals surface area contributed by atoms with Gasteiger partial charge in [-0.2, -0.15) is 0 Å². The van der Waals surface area contributed by atoms with Gasteiger partial charge in [0.15, 0.2) is 5.96 Å². The van der Waals surface area contributed by atoms with Gasteiger partial charge in [0, 0.05) is 38.6 Å². The summed E-state index contributed by atoms with van der Waals surface area (Å²) in [7, 11) is 0. The van der Waals surface area contributed by atoms with Gasteiger partial charge in [-0.25, -0.2) is 4.98 Å². The van der Waals surface area contributed by atoms with E-state index in [1.165, 1.54) is 5.52 Å². The van der Waals surface area contributed by atoms with Gasteiger partial charge in [-0.05, 0) is 32.4 Å². The molecule has 3 N–H and O–H groups in total. The molecule has 1 aromatic carbocycles. The van der Waals surface area contributed by atoms with Crippen molar-refractivity contribution in [1.29, 1.82) is 0 Å². The first kappa shape index (κ1) is 20.7. The second-order valence-electron chi connectivity index (χ2n) is 6.79. The van der Waals surface area contributed by atoms with Crippen LogP contribution in [-0.4, -0.2) is 47.6 Å². The maximum absolute atomic E-state index is 11.6. The third kappa shape index (κ3) is 6.27. The van der Waals surface area contributed by atoms with E-state index in [9.17, 15) is 4.79 Å². The summed E-state index contributed by atoms with van der Waals surface area (Å²) in [6, 6.07) is 8.21. The summed E-state index contributed by atoms with van der Waals surface area (Å²) >= 11 is 0. The van der Waals surface area contributed by atoms with Crippen molar-refractivity contribution in [1.82, 2.24) is 25.5 Å². The number of aromatic nitrogens is 2. The molecule has 2 aromatic rings. The highest BCUT2D eigenvalue weighted by molar-refractivity contribution is 5.80. The number of fused-ring (bicyclic) bond motifs is 1. The molecule has 0 bridgehead atoms. The van der Waals surface area contributed by atoms with Crippen LogP contribution in [0.4, 0.5) is 0 Å². The number of nitrogens with one attached hydrogen (secondary N) is 3. The summed E-state index contributed by atoms with van der Waals surface area (Å²) < 4.78 is 2.24. The molecule has 0 spiro atoms. The van der Waals surface area contributed by atoms with Gasteiger partial charge in [0.05, 0.1) is 11.0 Å². The van der Waals surface area contributed by atoms with Crippen molar-refractivity contribution in [2.45, 2.75) is 40.7 Å². The van der Waals surface area contributed by atoms with Crippen molar-refractivity contribution in [3.63, 3.8) is 0 Å². The van der Waals surface area contributed by atoms with Crippen molar-refractivity contribution < 1.29 is 4.79 Å². The minimum Gasteiger partial charge on any atom is -0.357 e. The number of rotatable bonds is 9. The van der Waals surface area contributed by atoms with Gasteiger partial charge in [0.2, 0.25) is 5.91 Å². The summed E-state index contributed by atoms with van der Waals surface area (Å²) in [5.41, 5.74) is 2.21. The second-order valence-corrected chi connectivity index (χ2v) is 6.79. The predicted octanol–water partition coefficient (Wildman–Crippen LogP) is 2.06. The Bertz CT molecular complexity index is 765. The molecular formula is C20H32N6O. The fourth-order valence-electron chi connectivity index (χ4n) is 2.81. The molecular weight excluding hydrogens is 340 g/mol. The van der Waals surface area contributed by atoms with Crippen LogP contribution in [0.2, 0.25) is 0 Å². The number of nitrogens with zero attached hydrogens (tertiary/aromatic N) is 3. The summed E-state index contributed by atoms with van der Waals surface area (Å²) in [4.78, 5) is 20.8. The quantitative estimate of drug-likeness (QED) is 0.357. The zero-order valence-corrected chi connectivity index (χ0v) is 16.9. The fraction of sp³-hybridized carbons (Fsp3) is 0.550. The van der Waals surface area contributed by atoms with E-state index in [2.05, 4.69) is 36.6 Å². The smallest absolute Gasteiger partial charge is 0.222 e. The van der Waals surface area contributed by atoms with Crippen LogP contribution < -0.4 is 16.0 Å². The Morgan fingerprint density at radius 2 is 1.93 bits per heavy atom. The number of hydrogen-bond acceptors (Lipinski definition) is 3. The standard InChI is InChI=1S/C20H32N6O/c1-5-21-20(24-13-12-22-19(27)15(2)3)23-11-8-14-26-16(4)25-17-9-6-7-10-18(17)26/h6-7,9-10,15H,5,8,11-14H2,1-4H3,(H,22,27)(H2,21,23,24). The monoisotopic (exact) mass is 372 g/mol. The zero-order chi connectivity index (χ0) is 19.6. The summed E-state index contributed by atoms with van der Waals surface area (Å²) in [6.07, 6.45) is 0.932. The molecule has 0 fully saturated rings. The van der Waals surface area contributed by atoms with Crippen LogP contribution in [0.25, 0.3) is 11.0 Å². The summed E-state index contributed by atoms with van der Waals surface area (Å²) in [5, 5.41) is 9.38. The molecule has 7 heteroatoms. The van der Waals surface area contributed by atoms with Crippen LogP contribution in [0.1, 0.15) is 33.0 Å². The maximum Gasteiger partial charge on any atom is 0.222 e. The average Bonchev–Trinajstić information content (AvgIpc) is 2.97. The number of para-hydroxylation sites is 2. The molecule has 1 aromatic heterocycles. The maximum atomic E-state index is 11.6. The van der Waals surface area contributed by atoms with Crippen molar-refractivity contribution in [3.8, 4) is 0 Å². The van der Waals surface area contributed by atoms with E-state index in [1.807, 2.05) is 45.9 Å². The minimum absolute atomic E-state index is 0.00891. The Morgan fingerprint density at radius 3 is 2.67 bits per heavy atom. The van der Waals surface area contributed by atoms with Crippen LogP contribution >= 0.6 is 0 Å². The van der Waals surface area contributed by atoms with E-state index >= 15 is 0 Å². The van der Waals surface area contributed by atoms with Crippen LogP contribution in [0.3, 0.4) is 0 Å². The van der Waals surface area contributed by atoms with Gasteiger partial charge in [0.25, 0.3) is 0 Å². The number of hydrogen-bond donors (Lipinski definition) is 3. The molecule has 7 nitrogen and oxygen atoms in total. The minimum atomic E-state index is 0.00891. The SMILES string of the molecule is CCNC(=NCCCn1c(C)nc2ccccc21)NCCNC(=O)C(C)C. The van der Waals surface area contributed by atoms with Crippen molar-refractivity contribution in [2.75, 3.05) is 26.2 Å². The summed E-state index contributed by atoms with van der Waals surface area (Å²) in [5.74, 6) is 1.89. The molecule has 0 aliphatic heterocycles. The first-order valence-electron chi connectivity index (χ1n) is 9.74. The molecule has 148 valence electrons. The second kappa shape index (κ2) is 10.5. The third-order valence-corrected chi connectivity index (χ3v) is 4.24. The Labute approximate surface area is 161 Å². The molecule has 0 saturated carbocycles. The van der Waals surface area contributed by atoms with E-state index in [4.69, 9.17) is 0 Å². The Kier molecular flexibility index (Phi) is 8.10. The van der Waals surface area contributed by atoms with E-state index in [-0.39, 0.29) is 11.8 Å². The Hall–Kier alpha value is -2.57. The number of carbonyl (C=O) groups excluding carboxylic acids is 1. The number of carbonyl (C=O) groups is 1. The Morgan fingerprint density at radius 1 is 1.19 bits per heavy atom. The summed E-state index contributed by atoms with van der Waals surface area (Å²) in [6.45, 7) is 11.5. The number of aliphatic imine (C=N–C) groups is 1. The number of benzene rings is 1. The largest absolute Gasteiger partial charge is 0.357 e. The van der Waals surface area contributed by atoms with E-state index in [1.54, 1.807) is 0 Å². The van der Waals surface area contributed by atoms with Gasteiger partial charge >= 0.3 is 0 Å². The first-order chi connectivity index (χ1) is 13.0. The molecule has 0 aliphatic rings. The lowest BCUT2D eigenvalue weighted by atomic mass is 10.2. The molecule has 0 aliphatic carbocycles. The van der Waals surface area contributed by atoms with E-state index in [0.29, 0.717) is 13.1 Å². The normalized spacial score (nSPS) is 11.8. The molecule has 1 amide bonds. The topological polar surface area (TPSA) is 83.3 Å². The lowest BCUT2D eigenvalue weighted by Gasteiger charge is -2.13. The molecule has 0 saturated heterocycles. The lowest BCUT2D eigenvalue weighted by Crippen LogP contribution is -2.42. The van der Waals surface area contributed by atoms with Crippen LogP contribution in [-0.2, 0) is 11.3 Å². The van der Waals surface area contributed by atoms with Gasteiger partial charge in [-0.3, -0.25) is 9.79 Å². The molecule has 1 heterocycles. The van der Waals surface area contributed by atoms with Gasteiger partial charge in [-0.1, -0.05) is 26.0 Å². The number of guanidine groups is 1. The van der Waals surface area contributed by atoms with Crippen molar-refractivity contribution in [3.05, 3.63) is 30.1 Å². The molecule has 27 heavy (non-hydrogen) atoms. The van der Waals surface area contributed by atoms with E-state index < -0.39 is 0 Å². The van der Waals surface area contributed by atoms with E-state index in [0.717, 1.165) is 43.4 Å². The first-order valence-corrected chi connectivity index (χ1v) is 9.74. The molecule has 0 unspecified atom stereocenters. The predicted molar refractivity (Wildman–Crippen MR) is 111 cm³/mol. The highest BCUT2D eigenvalue weighted by Gasteiger charge is 2.07. The van der Waals surface area contributed by atoms with Gasteiger partial charge in [0.1, 0.15) is 5.82 Å². The number of aryl methyl sites for hydroxylation is 2. The molecule has 0 atom stereocenters. The van der Waals surface area contributed by atoms with Gasteiger partial charge < -0.3 is 20.5 Å².